The Labute approximate surface area is 178 Å². The average molecular weight is 424 g/mol. The molecule has 3 aromatic rings. The zero-order valence-corrected chi connectivity index (χ0v) is 17.6. The second kappa shape index (κ2) is 9.93. The van der Waals surface area contributed by atoms with E-state index in [4.69, 9.17) is 0 Å². The Hall–Kier alpha value is -3.32. The quantitative estimate of drug-likeness (QED) is 0.539. The third-order valence-corrected chi connectivity index (χ3v) is 5.36. The number of rotatable bonds is 7. The van der Waals surface area contributed by atoms with Crippen molar-refractivity contribution in [1.82, 2.24) is 9.88 Å². The van der Waals surface area contributed by atoms with Crippen LogP contribution in [0, 0.1) is 5.82 Å². The Balaban J connectivity index is 1.65. The Kier molecular flexibility index (Phi) is 7.08. The van der Waals surface area contributed by atoms with Crippen molar-refractivity contribution in [3.8, 4) is 10.6 Å². The number of nitrogens with zero attached hydrogens (tertiary/aromatic N) is 2. The van der Waals surface area contributed by atoms with Crippen molar-refractivity contribution < 1.29 is 14.0 Å². The highest BCUT2D eigenvalue weighted by Crippen LogP contribution is 2.24. The van der Waals surface area contributed by atoms with Crippen LogP contribution in [0.3, 0.4) is 0 Å². The van der Waals surface area contributed by atoms with E-state index < -0.39 is 0 Å². The van der Waals surface area contributed by atoms with E-state index >= 15 is 0 Å². The summed E-state index contributed by atoms with van der Waals surface area (Å²) in [5.74, 6) is -0.684. The molecule has 7 heteroatoms. The highest BCUT2D eigenvalue weighted by molar-refractivity contribution is 7.13. The lowest BCUT2D eigenvalue weighted by molar-refractivity contribution is -0.111. The number of amides is 2. The van der Waals surface area contributed by atoms with Crippen LogP contribution in [0.15, 0.2) is 60.0 Å². The van der Waals surface area contributed by atoms with Crippen molar-refractivity contribution in [1.29, 1.82) is 0 Å². The van der Waals surface area contributed by atoms with Gasteiger partial charge in [0.15, 0.2) is 0 Å². The van der Waals surface area contributed by atoms with E-state index in [0.717, 1.165) is 10.6 Å². The summed E-state index contributed by atoms with van der Waals surface area (Å²) in [6.07, 6.45) is 3.01. The minimum Gasteiger partial charge on any atom is -0.339 e. The van der Waals surface area contributed by atoms with Crippen LogP contribution in [0.2, 0.25) is 0 Å². The van der Waals surface area contributed by atoms with E-state index in [1.165, 1.54) is 29.5 Å². The van der Waals surface area contributed by atoms with Crippen molar-refractivity contribution in [2.45, 2.75) is 13.8 Å². The lowest BCUT2D eigenvalue weighted by Crippen LogP contribution is -2.30. The molecule has 30 heavy (non-hydrogen) atoms. The molecule has 0 radical (unpaired) electrons. The van der Waals surface area contributed by atoms with E-state index in [9.17, 15) is 14.0 Å². The SMILES string of the molecule is CCN(CC)C(=O)c1cccc(NC(=O)C=Cc2csc(-c3ccc(F)cc3)n2)c1. The first-order valence-corrected chi connectivity index (χ1v) is 10.5. The Morgan fingerprint density at radius 3 is 2.57 bits per heavy atom. The second-order valence-corrected chi connectivity index (χ2v) is 7.32. The molecule has 0 unspecified atom stereocenters. The van der Waals surface area contributed by atoms with Crippen molar-refractivity contribution in [2.75, 3.05) is 18.4 Å². The molecule has 1 heterocycles. The smallest absolute Gasteiger partial charge is 0.253 e. The summed E-state index contributed by atoms with van der Waals surface area (Å²) >= 11 is 1.42. The van der Waals surface area contributed by atoms with Gasteiger partial charge < -0.3 is 10.2 Å². The summed E-state index contributed by atoms with van der Waals surface area (Å²) in [4.78, 5) is 30.9. The zero-order valence-electron chi connectivity index (χ0n) is 16.8. The average Bonchev–Trinajstić information content (AvgIpc) is 3.23. The minimum atomic E-state index is -0.321. The van der Waals surface area contributed by atoms with Crippen molar-refractivity contribution >= 4 is 34.9 Å². The van der Waals surface area contributed by atoms with Crippen molar-refractivity contribution in [3.05, 3.63) is 77.1 Å². The van der Waals surface area contributed by atoms with Crippen molar-refractivity contribution in [2.24, 2.45) is 0 Å². The van der Waals surface area contributed by atoms with Gasteiger partial charge in [0.1, 0.15) is 10.8 Å². The van der Waals surface area contributed by atoms with Gasteiger partial charge in [-0.05, 0) is 62.4 Å². The number of hydrogen-bond donors (Lipinski definition) is 1. The topological polar surface area (TPSA) is 62.3 Å². The second-order valence-electron chi connectivity index (χ2n) is 6.47. The largest absolute Gasteiger partial charge is 0.339 e. The van der Waals surface area contributed by atoms with Gasteiger partial charge in [-0.25, -0.2) is 9.37 Å². The van der Waals surface area contributed by atoms with E-state index in [1.807, 2.05) is 19.2 Å². The highest BCUT2D eigenvalue weighted by Gasteiger charge is 2.13. The molecule has 154 valence electrons. The zero-order chi connectivity index (χ0) is 21.5. The lowest BCUT2D eigenvalue weighted by atomic mass is 10.1. The van der Waals surface area contributed by atoms with Crippen molar-refractivity contribution in [3.63, 3.8) is 0 Å². The first-order chi connectivity index (χ1) is 14.5. The third-order valence-electron chi connectivity index (χ3n) is 4.45. The van der Waals surface area contributed by atoms with Crippen LogP contribution in [0.5, 0.6) is 0 Å². The summed E-state index contributed by atoms with van der Waals surface area (Å²) in [5.41, 5.74) is 2.54. The van der Waals surface area contributed by atoms with Gasteiger partial charge >= 0.3 is 0 Å². The van der Waals surface area contributed by atoms with Crippen LogP contribution in [0.1, 0.15) is 29.9 Å². The van der Waals surface area contributed by atoms with Crippen LogP contribution in [0.25, 0.3) is 16.6 Å². The number of nitrogens with one attached hydrogen (secondary N) is 1. The first-order valence-electron chi connectivity index (χ1n) is 9.60. The monoisotopic (exact) mass is 423 g/mol. The number of hydrogen-bond acceptors (Lipinski definition) is 4. The summed E-state index contributed by atoms with van der Waals surface area (Å²) < 4.78 is 13.0. The van der Waals surface area contributed by atoms with Gasteiger partial charge in [0.2, 0.25) is 5.91 Å². The fourth-order valence-corrected chi connectivity index (χ4v) is 3.65. The molecule has 0 spiro atoms. The highest BCUT2D eigenvalue weighted by atomic mass is 32.1. The van der Waals surface area contributed by atoms with Gasteiger partial charge in [-0.15, -0.1) is 11.3 Å². The van der Waals surface area contributed by atoms with Gasteiger partial charge in [-0.3, -0.25) is 9.59 Å². The number of aromatic nitrogens is 1. The predicted molar refractivity (Wildman–Crippen MR) is 119 cm³/mol. The molecule has 0 atom stereocenters. The van der Waals surface area contributed by atoms with Crippen LogP contribution < -0.4 is 5.32 Å². The molecule has 3 rings (SSSR count). The minimum absolute atomic E-state index is 0.0672. The number of anilines is 1. The van der Waals surface area contributed by atoms with Crippen LogP contribution >= 0.6 is 11.3 Å². The van der Waals surface area contributed by atoms with Crippen LogP contribution in [-0.4, -0.2) is 34.8 Å². The molecule has 2 amide bonds. The summed E-state index contributed by atoms with van der Waals surface area (Å²) in [5, 5.41) is 5.34. The molecule has 0 bridgehead atoms. The first kappa shape index (κ1) is 21.4. The Bertz CT molecular complexity index is 1060. The molecule has 1 aromatic heterocycles. The van der Waals surface area contributed by atoms with Gasteiger partial charge in [-0.2, -0.15) is 0 Å². The number of carbonyl (C=O) groups is 2. The maximum absolute atomic E-state index is 13.0. The van der Waals surface area contributed by atoms with Crippen LogP contribution in [-0.2, 0) is 4.79 Å². The number of benzene rings is 2. The Morgan fingerprint density at radius 2 is 1.87 bits per heavy atom. The van der Waals surface area contributed by atoms with Gasteiger partial charge in [0.05, 0.1) is 5.69 Å². The predicted octanol–water partition coefficient (Wildman–Crippen LogP) is 5.08. The fourth-order valence-electron chi connectivity index (χ4n) is 2.86. The maximum Gasteiger partial charge on any atom is 0.253 e. The molecule has 0 saturated carbocycles. The van der Waals surface area contributed by atoms with Gasteiger partial charge in [0.25, 0.3) is 5.91 Å². The summed E-state index contributed by atoms with van der Waals surface area (Å²) in [6.45, 7) is 5.11. The fraction of sp³-hybridized carbons (Fsp3) is 0.174. The molecule has 1 N–H and O–H groups in total. The summed E-state index contributed by atoms with van der Waals surface area (Å²) in [7, 11) is 0. The normalized spacial score (nSPS) is 10.9. The molecule has 5 nitrogen and oxygen atoms in total. The van der Waals surface area contributed by atoms with E-state index in [2.05, 4.69) is 10.3 Å². The number of halogens is 1. The molecule has 0 aliphatic carbocycles. The molecular formula is C23H22FN3O2S. The number of thiazole rings is 1. The van der Waals surface area contributed by atoms with E-state index in [1.54, 1.807) is 47.4 Å². The molecule has 0 saturated heterocycles. The molecule has 2 aromatic carbocycles. The third kappa shape index (κ3) is 5.39. The van der Waals surface area contributed by atoms with Gasteiger partial charge in [-0.1, -0.05) is 6.07 Å². The number of carbonyl (C=O) groups excluding carboxylic acids is 2. The lowest BCUT2D eigenvalue weighted by Gasteiger charge is -2.18. The van der Waals surface area contributed by atoms with E-state index in [0.29, 0.717) is 30.0 Å². The molecule has 0 fully saturated rings. The maximum atomic E-state index is 13.0. The Morgan fingerprint density at radius 1 is 1.13 bits per heavy atom. The van der Waals surface area contributed by atoms with Crippen LogP contribution in [0.4, 0.5) is 10.1 Å². The molecule has 0 aliphatic heterocycles. The molecular weight excluding hydrogens is 401 g/mol. The summed E-state index contributed by atoms with van der Waals surface area (Å²) in [6, 6.07) is 13.0. The standard InChI is InChI=1S/C23H22FN3O2S/c1-3-27(4-2)23(29)17-6-5-7-19(14-17)25-21(28)13-12-20-15-30-22(26-20)16-8-10-18(24)11-9-16/h5-15H,3-4H2,1-2H3,(H,25,28). The van der Waals surface area contributed by atoms with Gasteiger partial charge in [0, 0.05) is 41.4 Å². The molecule has 0 aliphatic rings. The van der Waals surface area contributed by atoms with E-state index in [-0.39, 0.29) is 17.6 Å².